The quantitative estimate of drug-likeness (QED) is 0.208. The first-order valence-corrected chi connectivity index (χ1v) is 8.68. The second kappa shape index (κ2) is 15.6. The van der Waals surface area contributed by atoms with Crippen molar-refractivity contribution in [2.45, 2.75) is 46.1 Å². The topological polar surface area (TPSA) is 75.2 Å². The molecule has 25 heavy (non-hydrogen) atoms. The minimum atomic E-state index is -0.234. The molecule has 0 unspecified atom stereocenters. The van der Waals surface area contributed by atoms with Crippen LogP contribution in [0, 0.1) is 0 Å². The molecule has 0 spiro atoms. The summed E-state index contributed by atoms with van der Waals surface area (Å²) in [5, 5.41) is 6.11. The van der Waals surface area contributed by atoms with Gasteiger partial charge in [-0.1, -0.05) is 13.3 Å². The van der Waals surface area contributed by atoms with Gasteiger partial charge in [0, 0.05) is 32.8 Å². The van der Waals surface area contributed by atoms with Gasteiger partial charge in [0.2, 0.25) is 5.91 Å². The lowest BCUT2D eigenvalue weighted by Crippen LogP contribution is -2.49. The van der Waals surface area contributed by atoms with E-state index in [4.69, 9.17) is 9.47 Å². The third-order valence-electron chi connectivity index (χ3n) is 3.01. The molecule has 0 atom stereocenters. The number of halogens is 1. The molecule has 0 aromatic carbocycles. The maximum absolute atomic E-state index is 11.9. The molecular weight excluding hydrogens is 435 g/mol. The van der Waals surface area contributed by atoms with Crippen molar-refractivity contribution < 1.29 is 14.3 Å². The van der Waals surface area contributed by atoms with E-state index in [0.29, 0.717) is 32.3 Å². The van der Waals surface area contributed by atoms with Gasteiger partial charge in [-0.3, -0.25) is 9.79 Å². The Morgan fingerprint density at radius 2 is 1.72 bits per heavy atom. The average molecular weight is 472 g/mol. The van der Waals surface area contributed by atoms with Crippen molar-refractivity contribution in [1.29, 1.82) is 0 Å². The standard InChI is InChI=1S/C17H36N4O3.HI/c1-7-8-10-23-12-13-24-11-9-19-16(18-5)21(6)14-15(22)20-17(2,3)4;/h7-14H2,1-6H3,(H,18,19)(H,20,22);1H. The number of amides is 1. The Bertz CT molecular complexity index is 373. The minimum absolute atomic E-state index is 0. The summed E-state index contributed by atoms with van der Waals surface area (Å²) in [6.45, 7) is 11.5. The van der Waals surface area contributed by atoms with Crippen molar-refractivity contribution in [2.75, 3.05) is 53.6 Å². The maximum Gasteiger partial charge on any atom is 0.240 e. The van der Waals surface area contributed by atoms with Gasteiger partial charge in [0.05, 0.1) is 26.4 Å². The molecule has 2 N–H and O–H groups in total. The predicted octanol–water partition coefficient (Wildman–Crippen LogP) is 1.86. The van der Waals surface area contributed by atoms with Crippen LogP contribution in [0.3, 0.4) is 0 Å². The van der Waals surface area contributed by atoms with Gasteiger partial charge in [0.1, 0.15) is 0 Å². The van der Waals surface area contributed by atoms with Crippen molar-refractivity contribution in [1.82, 2.24) is 15.5 Å². The summed E-state index contributed by atoms with van der Waals surface area (Å²) in [4.78, 5) is 17.9. The van der Waals surface area contributed by atoms with E-state index in [0.717, 1.165) is 19.4 Å². The number of aliphatic imine (C=N–C) groups is 1. The lowest BCUT2D eigenvalue weighted by Gasteiger charge is -2.25. The number of hydrogen-bond donors (Lipinski definition) is 2. The fraction of sp³-hybridized carbons (Fsp3) is 0.882. The van der Waals surface area contributed by atoms with Gasteiger partial charge in [-0.05, 0) is 27.2 Å². The van der Waals surface area contributed by atoms with Crippen LogP contribution in [0.1, 0.15) is 40.5 Å². The van der Waals surface area contributed by atoms with Crippen LogP contribution in [0.15, 0.2) is 4.99 Å². The number of nitrogens with zero attached hydrogens (tertiary/aromatic N) is 2. The van der Waals surface area contributed by atoms with E-state index in [1.807, 2.05) is 27.8 Å². The molecule has 150 valence electrons. The first kappa shape index (κ1) is 26.6. The summed E-state index contributed by atoms with van der Waals surface area (Å²) in [6.07, 6.45) is 2.23. The molecule has 1 amide bonds. The number of unbranched alkanes of at least 4 members (excludes halogenated alkanes) is 1. The number of likely N-dealkylation sites (N-methyl/N-ethyl adjacent to an activating group) is 1. The van der Waals surface area contributed by atoms with E-state index in [-0.39, 0.29) is 42.0 Å². The second-order valence-corrected chi connectivity index (χ2v) is 6.71. The van der Waals surface area contributed by atoms with Gasteiger partial charge >= 0.3 is 0 Å². The Morgan fingerprint density at radius 1 is 1.12 bits per heavy atom. The fourth-order valence-corrected chi connectivity index (χ4v) is 1.94. The van der Waals surface area contributed by atoms with Crippen LogP contribution in [0.4, 0.5) is 0 Å². The van der Waals surface area contributed by atoms with E-state index in [9.17, 15) is 4.79 Å². The summed E-state index contributed by atoms with van der Waals surface area (Å²) in [7, 11) is 3.53. The summed E-state index contributed by atoms with van der Waals surface area (Å²) < 4.78 is 10.9. The third-order valence-corrected chi connectivity index (χ3v) is 3.01. The van der Waals surface area contributed by atoms with Gasteiger partial charge in [0.25, 0.3) is 0 Å². The van der Waals surface area contributed by atoms with E-state index in [1.165, 1.54) is 0 Å². The Balaban J connectivity index is 0. The molecule has 0 bridgehead atoms. The van der Waals surface area contributed by atoms with Gasteiger partial charge in [-0.25, -0.2) is 0 Å². The molecule has 0 aromatic rings. The molecule has 7 nitrogen and oxygen atoms in total. The SMILES string of the molecule is CCCCOCCOCCNC(=NC)N(C)CC(=O)NC(C)(C)C.I. The molecule has 0 saturated carbocycles. The highest BCUT2D eigenvalue weighted by atomic mass is 127. The van der Waals surface area contributed by atoms with Crippen molar-refractivity contribution >= 4 is 35.8 Å². The van der Waals surface area contributed by atoms with Crippen LogP contribution >= 0.6 is 24.0 Å². The molecule has 0 aromatic heterocycles. The van der Waals surface area contributed by atoms with Crippen LogP contribution in [-0.4, -0.2) is 75.9 Å². The molecule has 0 radical (unpaired) electrons. The number of ether oxygens (including phenoxy) is 2. The van der Waals surface area contributed by atoms with Gasteiger partial charge < -0.3 is 25.0 Å². The van der Waals surface area contributed by atoms with Crippen LogP contribution in [0.25, 0.3) is 0 Å². The molecule has 0 aliphatic heterocycles. The molecule has 0 heterocycles. The van der Waals surface area contributed by atoms with Crippen LogP contribution < -0.4 is 10.6 Å². The number of carbonyl (C=O) groups excluding carboxylic acids is 1. The normalized spacial score (nSPS) is 11.7. The zero-order chi connectivity index (χ0) is 18.4. The summed E-state index contributed by atoms with van der Waals surface area (Å²) in [5.41, 5.74) is -0.234. The molecule has 0 rings (SSSR count). The van der Waals surface area contributed by atoms with Crippen LogP contribution in [-0.2, 0) is 14.3 Å². The predicted molar refractivity (Wildman–Crippen MR) is 114 cm³/mol. The van der Waals surface area contributed by atoms with Crippen molar-refractivity contribution in [3.05, 3.63) is 0 Å². The maximum atomic E-state index is 11.9. The third kappa shape index (κ3) is 16.6. The van der Waals surface area contributed by atoms with Gasteiger partial charge in [-0.15, -0.1) is 24.0 Å². The Kier molecular flexibility index (Phi) is 16.6. The van der Waals surface area contributed by atoms with Gasteiger partial charge in [0.15, 0.2) is 5.96 Å². The van der Waals surface area contributed by atoms with Crippen molar-refractivity contribution in [3.63, 3.8) is 0 Å². The molecule has 0 aliphatic rings. The van der Waals surface area contributed by atoms with Gasteiger partial charge in [-0.2, -0.15) is 0 Å². The Labute approximate surface area is 170 Å². The highest BCUT2D eigenvalue weighted by Crippen LogP contribution is 1.98. The number of rotatable bonds is 11. The Hall–Kier alpha value is -0.610. The monoisotopic (exact) mass is 472 g/mol. The number of nitrogens with one attached hydrogen (secondary N) is 2. The van der Waals surface area contributed by atoms with E-state index >= 15 is 0 Å². The van der Waals surface area contributed by atoms with E-state index in [1.54, 1.807) is 11.9 Å². The highest BCUT2D eigenvalue weighted by Gasteiger charge is 2.16. The first-order chi connectivity index (χ1) is 11.3. The van der Waals surface area contributed by atoms with Crippen molar-refractivity contribution in [2.24, 2.45) is 4.99 Å². The molecule has 0 aliphatic carbocycles. The molecule has 8 heteroatoms. The zero-order valence-corrected chi connectivity index (χ0v) is 19.0. The molecule has 0 saturated heterocycles. The largest absolute Gasteiger partial charge is 0.379 e. The zero-order valence-electron chi connectivity index (χ0n) is 16.7. The average Bonchev–Trinajstić information content (AvgIpc) is 2.47. The number of guanidine groups is 1. The molecule has 0 fully saturated rings. The van der Waals surface area contributed by atoms with E-state index in [2.05, 4.69) is 22.5 Å². The lowest BCUT2D eigenvalue weighted by atomic mass is 10.1. The minimum Gasteiger partial charge on any atom is -0.379 e. The summed E-state index contributed by atoms with van der Waals surface area (Å²) in [6, 6.07) is 0. The summed E-state index contributed by atoms with van der Waals surface area (Å²) >= 11 is 0. The second-order valence-electron chi connectivity index (χ2n) is 6.71. The smallest absolute Gasteiger partial charge is 0.240 e. The Morgan fingerprint density at radius 3 is 2.24 bits per heavy atom. The lowest BCUT2D eigenvalue weighted by molar-refractivity contribution is -0.122. The van der Waals surface area contributed by atoms with Crippen LogP contribution in [0.5, 0.6) is 0 Å². The van der Waals surface area contributed by atoms with Crippen LogP contribution in [0.2, 0.25) is 0 Å². The van der Waals surface area contributed by atoms with E-state index < -0.39 is 0 Å². The number of hydrogen-bond acceptors (Lipinski definition) is 4. The molecular formula is C17H37IN4O3. The highest BCUT2D eigenvalue weighted by molar-refractivity contribution is 14.0. The number of carbonyl (C=O) groups is 1. The first-order valence-electron chi connectivity index (χ1n) is 8.68. The fourth-order valence-electron chi connectivity index (χ4n) is 1.94. The summed E-state index contributed by atoms with van der Waals surface area (Å²) in [5.74, 6) is 0.635. The van der Waals surface area contributed by atoms with Crippen molar-refractivity contribution in [3.8, 4) is 0 Å².